The van der Waals surface area contributed by atoms with Gasteiger partial charge < -0.3 is 9.64 Å². The van der Waals surface area contributed by atoms with Gasteiger partial charge in [0.05, 0.1) is 23.8 Å². The Balaban J connectivity index is 1.74. The van der Waals surface area contributed by atoms with Crippen molar-refractivity contribution in [2.45, 2.75) is 50.5 Å². The maximum atomic E-state index is 13.4. The maximum Gasteiger partial charge on any atom is 0.414 e. The number of carbonyl (C=O) groups is 2. The van der Waals surface area contributed by atoms with Crippen LogP contribution in [0.15, 0.2) is 29.6 Å². The number of aromatic nitrogens is 2. The van der Waals surface area contributed by atoms with E-state index in [1.165, 1.54) is 23.0 Å². The van der Waals surface area contributed by atoms with Crippen molar-refractivity contribution < 1.29 is 22.7 Å². The topological polar surface area (TPSA) is 137 Å². The summed E-state index contributed by atoms with van der Waals surface area (Å²) in [5.41, 5.74) is 1.25. The van der Waals surface area contributed by atoms with Gasteiger partial charge in [0.25, 0.3) is 0 Å². The number of nitriles is 1. The quantitative estimate of drug-likeness (QED) is 0.576. The zero-order chi connectivity index (χ0) is 25.7. The highest BCUT2D eigenvalue weighted by Crippen LogP contribution is 2.42. The molecule has 1 atom stereocenters. The molecule has 0 saturated heterocycles. The average molecular weight is 499 g/mol. The normalized spacial score (nSPS) is 18.0. The molecule has 0 bridgehead atoms. The Morgan fingerprint density at radius 2 is 2.00 bits per heavy atom. The van der Waals surface area contributed by atoms with Crippen LogP contribution in [0.4, 0.5) is 21.1 Å². The van der Waals surface area contributed by atoms with Crippen LogP contribution in [0.25, 0.3) is 0 Å². The van der Waals surface area contributed by atoms with Crippen molar-refractivity contribution >= 4 is 33.5 Å². The molecule has 2 aromatic rings. The van der Waals surface area contributed by atoms with Crippen molar-refractivity contribution in [2.24, 2.45) is 0 Å². The van der Waals surface area contributed by atoms with Crippen LogP contribution < -0.4 is 9.80 Å². The van der Waals surface area contributed by atoms with Crippen LogP contribution in [0, 0.1) is 11.3 Å². The minimum atomic E-state index is -3.64. The van der Waals surface area contributed by atoms with Crippen molar-refractivity contribution in [3.05, 3.63) is 41.1 Å². The van der Waals surface area contributed by atoms with Crippen LogP contribution in [0.1, 0.15) is 49.9 Å². The van der Waals surface area contributed by atoms with Gasteiger partial charge in [0.15, 0.2) is 0 Å². The van der Waals surface area contributed by atoms with Gasteiger partial charge in [-0.15, -0.1) is 0 Å². The summed E-state index contributed by atoms with van der Waals surface area (Å²) in [6.45, 7) is 5.70. The molecule has 0 saturated carbocycles. The van der Waals surface area contributed by atoms with Gasteiger partial charge in [0.2, 0.25) is 15.0 Å². The Labute approximate surface area is 203 Å². The van der Waals surface area contributed by atoms with Crippen molar-refractivity contribution in [3.8, 4) is 6.07 Å². The lowest BCUT2D eigenvalue weighted by atomic mass is 9.92. The van der Waals surface area contributed by atoms with Gasteiger partial charge in [-0.05, 0) is 33.3 Å². The van der Waals surface area contributed by atoms with Gasteiger partial charge >= 0.3 is 12.1 Å². The van der Waals surface area contributed by atoms with E-state index in [2.05, 4.69) is 16.0 Å². The van der Waals surface area contributed by atoms with Gasteiger partial charge in [0, 0.05) is 37.2 Å². The SMILES string of the molecule is CN1C(=O)N(C2CCN(C(=O)OC(C)(C)C)c3c(C#N)cccc32)Cc2cnc(S(C)(=O)=O)nc21. The molecule has 0 fully saturated rings. The van der Waals surface area contributed by atoms with Crippen LogP contribution in [0.3, 0.4) is 0 Å². The molecule has 0 radical (unpaired) electrons. The lowest BCUT2D eigenvalue weighted by Gasteiger charge is -2.43. The largest absolute Gasteiger partial charge is 0.443 e. The molecule has 0 spiro atoms. The predicted molar refractivity (Wildman–Crippen MR) is 127 cm³/mol. The molecular formula is C23H26N6O5S. The van der Waals surface area contributed by atoms with E-state index in [1.807, 2.05) is 0 Å². The molecule has 0 N–H and O–H groups in total. The number of amides is 3. The van der Waals surface area contributed by atoms with Crippen LogP contribution in [-0.4, -0.2) is 60.9 Å². The third-order valence-electron chi connectivity index (χ3n) is 5.78. The smallest absolute Gasteiger partial charge is 0.414 e. The van der Waals surface area contributed by atoms with Gasteiger partial charge in [0.1, 0.15) is 17.5 Å². The third-order valence-corrected chi connectivity index (χ3v) is 6.64. The fourth-order valence-electron chi connectivity index (χ4n) is 4.30. The first-order valence-corrected chi connectivity index (χ1v) is 12.8. The number of hydrogen-bond acceptors (Lipinski definition) is 8. The molecule has 12 heteroatoms. The number of benzene rings is 1. The van der Waals surface area contributed by atoms with Gasteiger partial charge in [-0.25, -0.2) is 28.0 Å². The summed E-state index contributed by atoms with van der Waals surface area (Å²) in [4.78, 5) is 38.8. The van der Waals surface area contributed by atoms with E-state index in [0.717, 1.165) is 6.26 Å². The van der Waals surface area contributed by atoms with E-state index in [1.54, 1.807) is 43.9 Å². The van der Waals surface area contributed by atoms with E-state index in [4.69, 9.17) is 4.74 Å². The second kappa shape index (κ2) is 8.49. The molecule has 4 rings (SSSR count). The summed E-state index contributed by atoms with van der Waals surface area (Å²) >= 11 is 0. The van der Waals surface area contributed by atoms with E-state index in [9.17, 15) is 23.3 Å². The Kier molecular flexibility index (Phi) is 5.92. The highest BCUT2D eigenvalue weighted by Gasteiger charge is 2.41. The number of fused-ring (bicyclic) bond motifs is 2. The fraction of sp³-hybridized carbons (Fsp3) is 0.435. The van der Waals surface area contributed by atoms with Gasteiger partial charge in [-0.3, -0.25) is 9.80 Å². The zero-order valence-electron chi connectivity index (χ0n) is 20.1. The lowest BCUT2D eigenvalue weighted by molar-refractivity contribution is 0.0572. The van der Waals surface area contributed by atoms with E-state index < -0.39 is 27.6 Å². The summed E-state index contributed by atoms with van der Waals surface area (Å²) in [7, 11) is -2.12. The number of ether oxygens (including phenoxy) is 1. The molecule has 3 heterocycles. The predicted octanol–water partition coefficient (Wildman–Crippen LogP) is 3.01. The molecule has 1 aromatic heterocycles. The summed E-state index contributed by atoms with van der Waals surface area (Å²) < 4.78 is 29.3. The van der Waals surface area contributed by atoms with Gasteiger partial charge in [-0.1, -0.05) is 12.1 Å². The molecule has 3 amide bonds. The molecule has 35 heavy (non-hydrogen) atoms. The minimum Gasteiger partial charge on any atom is -0.443 e. The van der Waals surface area contributed by atoms with E-state index in [0.29, 0.717) is 28.8 Å². The monoisotopic (exact) mass is 498 g/mol. The van der Waals surface area contributed by atoms with Crippen LogP contribution >= 0.6 is 0 Å². The van der Waals surface area contributed by atoms with Gasteiger partial charge in [-0.2, -0.15) is 5.26 Å². The van der Waals surface area contributed by atoms with Crippen molar-refractivity contribution in [3.63, 3.8) is 0 Å². The number of para-hydroxylation sites is 1. The number of carbonyl (C=O) groups excluding carboxylic acids is 2. The van der Waals surface area contributed by atoms with Crippen molar-refractivity contribution in [2.75, 3.05) is 29.6 Å². The highest BCUT2D eigenvalue weighted by atomic mass is 32.2. The number of hydrogen-bond donors (Lipinski definition) is 0. The summed E-state index contributed by atoms with van der Waals surface area (Å²) in [6.07, 6.45) is 2.28. The molecule has 2 aliphatic heterocycles. The van der Waals surface area contributed by atoms with Crippen LogP contribution in [0.2, 0.25) is 0 Å². The number of rotatable bonds is 2. The Bertz CT molecular complexity index is 1360. The Hall–Kier alpha value is -3.72. The van der Waals surface area contributed by atoms with Crippen molar-refractivity contribution in [1.29, 1.82) is 5.26 Å². The van der Waals surface area contributed by atoms with E-state index >= 15 is 0 Å². The average Bonchev–Trinajstić information content (AvgIpc) is 2.78. The molecule has 1 unspecified atom stereocenters. The third kappa shape index (κ3) is 4.51. The molecule has 1 aromatic carbocycles. The highest BCUT2D eigenvalue weighted by molar-refractivity contribution is 7.90. The zero-order valence-corrected chi connectivity index (χ0v) is 21.0. The maximum absolute atomic E-state index is 13.4. The first-order chi connectivity index (χ1) is 16.3. The Morgan fingerprint density at radius 3 is 2.63 bits per heavy atom. The first kappa shape index (κ1) is 24.4. The number of urea groups is 1. The standard InChI is InChI=1S/C23H26N6O5S/c1-23(2,3)34-22(31)28-10-9-17(16-8-6-7-14(11-24)18(16)28)29-13-15-12-25-20(35(5,32)33)26-19(15)27(4)21(29)30/h6-8,12,17H,9-10,13H2,1-5H3. The second-order valence-electron chi connectivity index (χ2n) is 9.53. The molecular weight excluding hydrogens is 472 g/mol. The first-order valence-electron chi connectivity index (χ1n) is 11.0. The van der Waals surface area contributed by atoms with E-state index in [-0.39, 0.29) is 30.1 Å². The second-order valence-corrected chi connectivity index (χ2v) is 11.4. The Morgan fingerprint density at radius 1 is 1.29 bits per heavy atom. The minimum absolute atomic E-state index is 0.149. The van der Waals surface area contributed by atoms with Crippen molar-refractivity contribution in [1.82, 2.24) is 14.9 Å². The molecule has 2 aliphatic rings. The summed E-state index contributed by atoms with van der Waals surface area (Å²) in [5.74, 6) is 0.235. The fourth-order valence-corrected chi connectivity index (χ4v) is 4.80. The molecule has 0 aliphatic carbocycles. The van der Waals surface area contributed by atoms with Crippen LogP contribution in [-0.2, 0) is 21.1 Å². The molecule has 184 valence electrons. The lowest BCUT2D eigenvalue weighted by Crippen LogP contribution is -2.50. The number of nitrogens with zero attached hydrogens (tertiary/aromatic N) is 6. The molecule has 11 nitrogen and oxygen atoms in total. The summed E-state index contributed by atoms with van der Waals surface area (Å²) in [6, 6.07) is 6.47. The van der Waals surface area contributed by atoms with Crippen LogP contribution in [0.5, 0.6) is 0 Å². The summed E-state index contributed by atoms with van der Waals surface area (Å²) in [5, 5.41) is 9.41. The number of anilines is 2. The number of sulfone groups is 1.